The number of Topliss-reactive ketones (excluding diaryl/α,β-unsaturated/α-hetero) is 1. The van der Waals surface area contributed by atoms with Gasteiger partial charge in [-0.3, -0.25) is 14.2 Å². The Morgan fingerprint density at radius 1 is 1.26 bits per heavy atom. The first-order chi connectivity index (χ1) is 11.2. The van der Waals surface area contributed by atoms with Crippen LogP contribution in [0.5, 0.6) is 0 Å². The minimum atomic E-state index is -0.379. The average Bonchev–Trinajstić information content (AvgIpc) is 3.00. The van der Waals surface area contributed by atoms with Crippen molar-refractivity contribution in [1.29, 1.82) is 0 Å². The Labute approximate surface area is 131 Å². The summed E-state index contributed by atoms with van der Waals surface area (Å²) in [5.74, 6) is -0.399. The van der Waals surface area contributed by atoms with E-state index in [0.29, 0.717) is 11.3 Å². The monoisotopic (exact) mass is 308 g/mol. The van der Waals surface area contributed by atoms with Gasteiger partial charge in [-0.1, -0.05) is 6.07 Å². The van der Waals surface area contributed by atoms with Crippen molar-refractivity contribution in [3.63, 3.8) is 0 Å². The number of carbonyl (C=O) groups is 1. The molecule has 3 heterocycles. The number of nitrogens with zero attached hydrogens (tertiary/aromatic N) is 3. The van der Waals surface area contributed by atoms with Gasteiger partial charge in [0.05, 0.1) is 17.6 Å². The number of benzene rings is 1. The molecule has 5 nitrogen and oxygen atoms in total. The predicted molar refractivity (Wildman–Crippen MR) is 85.4 cm³/mol. The van der Waals surface area contributed by atoms with E-state index < -0.39 is 0 Å². The maximum absolute atomic E-state index is 13.8. The van der Waals surface area contributed by atoms with Crippen LogP contribution in [0, 0.1) is 5.82 Å². The Morgan fingerprint density at radius 2 is 2.13 bits per heavy atom. The molecular formula is C17H13FN4O. The van der Waals surface area contributed by atoms with Crippen LogP contribution < -0.4 is 5.73 Å². The summed E-state index contributed by atoms with van der Waals surface area (Å²) in [6.45, 7) is 0.408. The highest BCUT2D eigenvalue weighted by molar-refractivity contribution is 6.16. The molecule has 4 rings (SSSR count). The first kappa shape index (κ1) is 13.8. The maximum Gasteiger partial charge on any atom is 0.184 e. The predicted octanol–water partition coefficient (Wildman–Crippen LogP) is 2.08. The summed E-state index contributed by atoms with van der Waals surface area (Å²) in [5.41, 5.74) is 9.66. The Hall–Kier alpha value is -2.86. The third-order valence-corrected chi connectivity index (χ3v) is 4.02. The molecule has 0 unspecified atom stereocenters. The average molecular weight is 308 g/mol. The molecule has 1 aromatic carbocycles. The lowest BCUT2D eigenvalue weighted by Crippen LogP contribution is -2.25. The lowest BCUT2D eigenvalue weighted by molar-refractivity contribution is 0.1000. The van der Waals surface area contributed by atoms with E-state index >= 15 is 0 Å². The van der Waals surface area contributed by atoms with Crippen LogP contribution in [0.2, 0.25) is 0 Å². The van der Waals surface area contributed by atoms with E-state index in [9.17, 15) is 9.18 Å². The molecule has 0 saturated heterocycles. The van der Waals surface area contributed by atoms with Gasteiger partial charge in [-0.15, -0.1) is 0 Å². The molecule has 0 radical (unpaired) electrons. The minimum Gasteiger partial charge on any atom is -0.325 e. The normalized spacial score (nSPS) is 14.0. The second-order valence-electron chi connectivity index (χ2n) is 5.34. The van der Waals surface area contributed by atoms with Gasteiger partial charge in [0.25, 0.3) is 0 Å². The smallest absolute Gasteiger partial charge is 0.184 e. The summed E-state index contributed by atoms with van der Waals surface area (Å²) in [5, 5.41) is 0. The highest BCUT2D eigenvalue weighted by atomic mass is 19.1. The summed E-state index contributed by atoms with van der Waals surface area (Å²) >= 11 is 0. The highest BCUT2D eigenvalue weighted by Crippen LogP contribution is 2.26. The van der Waals surface area contributed by atoms with Crippen molar-refractivity contribution in [2.45, 2.75) is 0 Å². The number of hydrogen-bond donors (Lipinski definition) is 1. The molecule has 2 N–H and O–H groups in total. The maximum atomic E-state index is 13.8. The summed E-state index contributed by atoms with van der Waals surface area (Å²) in [6, 6.07) is 8.48. The van der Waals surface area contributed by atoms with Crippen LogP contribution in [-0.2, 0) is 0 Å². The number of aliphatic imine (C=N–C) groups is 1. The van der Waals surface area contributed by atoms with Crippen LogP contribution in [0.15, 0.2) is 47.7 Å². The molecule has 3 aromatic rings. The number of halogens is 1. The first-order valence-electron chi connectivity index (χ1n) is 7.22. The number of imidazole rings is 1. The number of fused-ring (bicyclic) bond motifs is 2. The fourth-order valence-electron chi connectivity index (χ4n) is 2.89. The van der Waals surface area contributed by atoms with Gasteiger partial charge in [0.1, 0.15) is 6.54 Å². The standard InChI is InChI=1S/C17H13FN4O/c18-13-2-1-5-22-15(8-21-17(13)22)10-3-4-11-12(6-10)14(7-19)20-9-16(11)23/h1-6,8H,7,9,19H2. The molecule has 114 valence electrons. The van der Waals surface area contributed by atoms with Gasteiger partial charge < -0.3 is 5.73 Å². The number of rotatable bonds is 2. The van der Waals surface area contributed by atoms with Gasteiger partial charge in [0, 0.05) is 29.4 Å². The van der Waals surface area contributed by atoms with Crippen molar-refractivity contribution in [1.82, 2.24) is 9.38 Å². The fraction of sp³-hybridized carbons (Fsp3) is 0.118. The van der Waals surface area contributed by atoms with Crippen molar-refractivity contribution in [2.24, 2.45) is 10.7 Å². The van der Waals surface area contributed by atoms with Gasteiger partial charge in [0.15, 0.2) is 17.2 Å². The summed E-state index contributed by atoms with van der Waals surface area (Å²) in [6.07, 6.45) is 3.37. The Morgan fingerprint density at radius 3 is 2.96 bits per heavy atom. The van der Waals surface area contributed by atoms with E-state index in [1.165, 1.54) is 6.07 Å². The molecule has 0 bridgehead atoms. The number of carbonyl (C=O) groups excluding carboxylic acids is 1. The molecule has 0 spiro atoms. The van der Waals surface area contributed by atoms with Crippen molar-refractivity contribution in [3.8, 4) is 11.3 Å². The van der Waals surface area contributed by atoms with Crippen LogP contribution >= 0.6 is 0 Å². The summed E-state index contributed by atoms with van der Waals surface area (Å²) < 4.78 is 15.5. The molecule has 1 aliphatic heterocycles. The van der Waals surface area contributed by atoms with Crippen LogP contribution in [0.1, 0.15) is 15.9 Å². The third kappa shape index (κ3) is 2.07. The zero-order chi connectivity index (χ0) is 16.0. The molecule has 0 aliphatic carbocycles. The molecule has 1 aliphatic rings. The van der Waals surface area contributed by atoms with E-state index in [4.69, 9.17) is 5.73 Å². The van der Waals surface area contributed by atoms with Gasteiger partial charge in [-0.05, 0) is 24.3 Å². The van der Waals surface area contributed by atoms with Crippen LogP contribution in [0.4, 0.5) is 4.39 Å². The third-order valence-electron chi connectivity index (χ3n) is 4.02. The van der Waals surface area contributed by atoms with E-state index in [1.807, 2.05) is 12.1 Å². The second kappa shape index (κ2) is 5.10. The minimum absolute atomic E-state index is 0.0204. The Kier molecular flexibility index (Phi) is 3.06. The van der Waals surface area contributed by atoms with Gasteiger partial charge >= 0.3 is 0 Å². The van der Waals surface area contributed by atoms with E-state index in [-0.39, 0.29) is 30.3 Å². The van der Waals surface area contributed by atoms with E-state index in [1.54, 1.807) is 28.9 Å². The Balaban J connectivity index is 1.92. The van der Waals surface area contributed by atoms with Crippen LogP contribution in [0.25, 0.3) is 16.9 Å². The molecule has 6 heteroatoms. The van der Waals surface area contributed by atoms with Crippen LogP contribution in [-0.4, -0.2) is 34.0 Å². The summed E-state index contributed by atoms with van der Waals surface area (Å²) in [4.78, 5) is 20.3. The zero-order valence-electron chi connectivity index (χ0n) is 12.2. The molecular weight excluding hydrogens is 295 g/mol. The molecule has 0 fully saturated rings. The molecule has 0 amide bonds. The lowest BCUT2D eigenvalue weighted by atomic mass is 9.94. The van der Waals surface area contributed by atoms with Gasteiger partial charge in [0.2, 0.25) is 0 Å². The number of ketones is 1. The SMILES string of the molecule is NCC1=NCC(=O)c2ccc(-c3cnc4c(F)cccn34)cc21. The van der Waals surface area contributed by atoms with Crippen molar-refractivity contribution >= 4 is 17.1 Å². The van der Waals surface area contributed by atoms with E-state index in [0.717, 1.165) is 16.8 Å². The number of aromatic nitrogens is 2. The molecule has 23 heavy (non-hydrogen) atoms. The zero-order valence-corrected chi connectivity index (χ0v) is 12.2. The highest BCUT2D eigenvalue weighted by Gasteiger charge is 2.21. The molecule has 0 atom stereocenters. The van der Waals surface area contributed by atoms with Crippen LogP contribution in [0.3, 0.4) is 0 Å². The topological polar surface area (TPSA) is 72.8 Å². The molecule has 2 aromatic heterocycles. The summed E-state index contributed by atoms with van der Waals surface area (Å²) in [7, 11) is 0. The largest absolute Gasteiger partial charge is 0.325 e. The van der Waals surface area contributed by atoms with Crippen molar-refractivity contribution in [2.75, 3.05) is 13.1 Å². The van der Waals surface area contributed by atoms with Gasteiger partial charge in [-0.25, -0.2) is 9.37 Å². The van der Waals surface area contributed by atoms with E-state index in [2.05, 4.69) is 9.98 Å². The van der Waals surface area contributed by atoms with Crippen molar-refractivity contribution < 1.29 is 9.18 Å². The lowest BCUT2D eigenvalue weighted by Gasteiger charge is -2.16. The quantitative estimate of drug-likeness (QED) is 0.788. The Bertz CT molecular complexity index is 974. The molecule has 0 saturated carbocycles. The number of nitrogens with two attached hydrogens (primary N) is 1. The second-order valence-corrected chi connectivity index (χ2v) is 5.34. The van der Waals surface area contributed by atoms with Gasteiger partial charge in [-0.2, -0.15) is 0 Å². The number of hydrogen-bond acceptors (Lipinski definition) is 4. The first-order valence-corrected chi connectivity index (χ1v) is 7.22. The van der Waals surface area contributed by atoms with Crippen molar-refractivity contribution in [3.05, 3.63) is 59.7 Å². The number of pyridine rings is 1. The fourth-order valence-corrected chi connectivity index (χ4v) is 2.89.